The van der Waals surface area contributed by atoms with Gasteiger partial charge in [-0.2, -0.15) is 5.10 Å². The molecule has 0 aliphatic rings. The lowest BCUT2D eigenvalue weighted by molar-refractivity contribution is 0.157. The van der Waals surface area contributed by atoms with E-state index in [0.29, 0.717) is 5.82 Å². The van der Waals surface area contributed by atoms with Crippen LogP contribution in [0.1, 0.15) is 31.7 Å². The molecule has 0 bridgehead atoms. The number of aromatic amines is 1. The van der Waals surface area contributed by atoms with E-state index in [1.807, 2.05) is 6.92 Å². The summed E-state index contributed by atoms with van der Waals surface area (Å²) in [6.07, 6.45) is 2.60. The molecule has 1 aromatic heterocycles. The van der Waals surface area contributed by atoms with Crippen molar-refractivity contribution in [3.8, 4) is 0 Å². The van der Waals surface area contributed by atoms with Crippen LogP contribution in [0, 0.1) is 0 Å². The zero-order chi connectivity index (χ0) is 7.40. The van der Waals surface area contributed by atoms with E-state index < -0.39 is 6.10 Å². The van der Waals surface area contributed by atoms with Crippen LogP contribution < -0.4 is 0 Å². The van der Waals surface area contributed by atoms with Crippen LogP contribution in [0.5, 0.6) is 0 Å². The maximum absolute atomic E-state index is 9.28. The predicted octanol–water partition coefficient (Wildman–Crippen LogP) is 0.638. The lowest BCUT2D eigenvalue weighted by Crippen LogP contribution is -1.98. The van der Waals surface area contributed by atoms with Crippen molar-refractivity contribution in [1.82, 2.24) is 15.2 Å². The fourth-order valence-corrected chi connectivity index (χ4v) is 0.786. The molecule has 4 nitrogen and oxygen atoms in total. The Kier molecular flexibility index (Phi) is 2.39. The lowest BCUT2D eigenvalue weighted by Gasteiger charge is -2.02. The van der Waals surface area contributed by atoms with Crippen molar-refractivity contribution in [3.05, 3.63) is 12.2 Å². The molecule has 1 rings (SSSR count). The van der Waals surface area contributed by atoms with Gasteiger partial charge in [0, 0.05) is 0 Å². The van der Waals surface area contributed by atoms with Crippen LogP contribution in [0.25, 0.3) is 0 Å². The van der Waals surface area contributed by atoms with Crippen molar-refractivity contribution in [2.45, 2.75) is 25.9 Å². The second-order valence-electron chi connectivity index (χ2n) is 2.18. The summed E-state index contributed by atoms with van der Waals surface area (Å²) in [6.45, 7) is 2.01. The minimum Gasteiger partial charge on any atom is -0.385 e. The lowest BCUT2D eigenvalue weighted by atomic mass is 10.2. The molecule has 2 N–H and O–H groups in total. The molecule has 10 heavy (non-hydrogen) atoms. The van der Waals surface area contributed by atoms with Crippen molar-refractivity contribution in [1.29, 1.82) is 0 Å². The van der Waals surface area contributed by atoms with E-state index >= 15 is 0 Å². The monoisotopic (exact) mass is 141 g/mol. The minimum atomic E-state index is -0.479. The normalized spacial score (nSPS) is 13.4. The summed E-state index contributed by atoms with van der Waals surface area (Å²) in [5, 5.41) is 15.5. The Labute approximate surface area is 59.3 Å². The molecule has 0 saturated carbocycles. The number of aromatic nitrogens is 3. The zero-order valence-corrected chi connectivity index (χ0v) is 5.91. The van der Waals surface area contributed by atoms with Gasteiger partial charge in [-0.3, -0.25) is 5.10 Å². The molecule has 56 valence electrons. The van der Waals surface area contributed by atoms with Gasteiger partial charge >= 0.3 is 0 Å². The van der Waals surface area contributed by atoms with Gasteiger partial charge in [-0.05, 0) is 6.42 Å². The standard InChI is InChI=1S/C6H11N3O/c1-2-3-5(10)6-7-4-8-9-6/h4-5,10H,2-3H2,1H3,(H,7,8,9). The highest BCUT2D eigenvalue weighted by Gasteiger charge is 2.07. The molecule has 1 aromatic rings. The summed E-state index contributed by atoms with van der Waals surface area (Å²) in [4.78, 5) is 3.82. The summed E-state index contributed by atoms with van der Waals surface area (Å²) in [5.41, 5.74) is 0. The Morgan fingerprint density at radius 3 is 3.10 bits per heavy atom. The molecule has 4 heteroatoms. The Bertz CT molecular complexity index is 173. The Morgan fingerprint density at radius 2 is 2.60 bits per heavy atom. The molecule has 0 fully saturated rings. The average Bonchev–Trinajstić information content (AvgIpc) is 2.38. The van der Waals surface area contributed by atoms with Gasteiger partial charge in [0.05, 0.1) is 0 Å². The maximum Gasteiger partial charge on any atom is 0.153 e. The molecule has 0 aromatic carbocycles. The first-order chi connectivity index (χ1) is 4.84. The van der Waals surface area contributed by atoms with Crippen LogP contribution in [-0.2, 0) is 0 Å². The first-order valence-electron chi connectivity index (χ1n) is 3.38. The highest BCUT2D eigenvalue weighted by molar-refractivity contribution is 4.85. The molecule has 0 spiro atoms. The summed E-state index contributed by atoms with van der Waals surface area (Å²) >= 11 is 0. The van der Waals surface area contributed by atoms with Crippen molar-refractivity contribution < 1.29 is 5.11 Å². The van der Waals surface area contributed by atoms with Gasteiger partial charge in [0.1, 0.15) is 12.4 Å². The molecular weight excluding hydrogens is 130 g/mol. The topological polar surface area (TPSA) is 61.8 Å². The van der Waals surface area contributed by atoms with Gasteiger partial charge in [-0.15, -0.1) is 0 Å². The third kappa shape index (κ3) is 1.54. The highest BCUT2D eigenvalue weighted by Crippen LogP contribution is 2.11. The Balaban J connectivity index is 2.50. The van der Waals surface area contributed by atoms with Crippen LogP contribution in [-0.4, -0.2) is 20.3 Å². The summed E-state index contributed by atoms with van der Waals surface area (Å²) in [6, 6.07) is 0. The molecule has 0 amide bonds. The maximum atomic E-state index is 9.28. The predicted molar refractivity (Wildman–Crippen MR) is 36.3 cm³/mol. The second-order valence-corrected chi connectivity index (χ2v) is 2.18. The van der Waals surface area contributed by atoms with E-state index in [4.69, 9.17) is 0 Å². The number of H-pyrrole nitrogens is 1. The van der Waals surface area contributed by atoms with Crippen LogP contribution in [0.3, 0.4) is 0 Å². The van der Waals surface area contributed by atoms with Gasteiger partial charge in [0.25, 0.3) is 0 Å². The second kappa shape index (κ2) is 3.31. The van der Waals surface area contributed by atoms with E-state index in [1.165, 1.54) is 6.33 Å². The van der Waals surface area contributed by atoms with Crippen LogP contribution in [0.2, 0.25) is 0 Å². The molecule has 0 radical (unpaired) electrons. The molecule has 0 saturated heterocycles. The van der Waals surface area contributed by atoms with E-state index in [1.54, 1.807) is 0 Å². The zero-order valence-electron chi connectivity index (χ0n) is 5.91. The number of hydrogen-bond acceptors (Lipinski definition) is 3. The van der Waals surface area contributed by atoms with Crippen molar-refractivity contribution in [2.24, 2.45) is 0 Å². The Hall–Kier alpha value is -0.900. The minimum absolute atomic E-state index is 0.479. The van der Waals surface area contributed by atoms with E-state index in [2.05, 4.69) is 15.2 Å². The number of aliphatic hydroxyl groups is 1. The number of nitrogens with one attached hydrogen (secondary N) is 1. The van der Waals surface area contributed by atoms with Crippen molar-refractivity contribution in [2.75, 3.05) is 0 Å². The van der Waals surface area contributed by atoms with Gasteiger partial charge in [-0.1, -0.05) is 13.3 Å². The third-order valence-electron chi connectivity index (χ3n) is 1.31. The number of rotatable bonds is 3. The van der Waals surface area contributed by atoms with E-state index in [-0.39, 0.29) is 0 Å². The quantitative estimate of drug-likeness (QED) is 0.649. The highest BCUT2D eigenvalue weighted by atomic mass is 16.3. The largest absolute Gasteiger partial charge is 0.385 e. The Morgan fingerprint density at radius 1 is 1.80 bits per heavy atom. The smallest absolute Gasteiger partial charge is 0.153 e. The van der Waals surface area contributed by atoms with Crippen molar-refractivity contribution in [3.63, 3.8) is 0 Å². The first kappa shape index (κ1) is 7.21. The van der Waals surface area contributed by atoms with Gasteiger partial charge in [-0.25, -0.2) is 4.98 Å². The molecule has 1 heterocycles. The third-order valence-corrected chi connectivity index (χ3v) is 1.31. The summed E-state index contributed by atoms with van der Waals surface area (Å²) in [7, 11) is 0. The molecule has 0 aliphatic heterocycles. The van der Waals surface area contributed by atoms with Gasteiger partial charge < -0.3 is 5.11 Å². The summed E-state index contributed by atoms with van der Waals surface area (Å²) < 4.78 is 0. The molecular formula is C6H11N3O. The van der Waals surface area contributed by atoms with E-state index in [0.717, 1.165) is 12.8 Å². The van der Waals surface area contributed by atoms with Crippen LogP contribution in [0.4, 0.5) is 0 Å². The molecule has 1 atom stereocenters. The van der Waals surface area contributed by atoms with Gasteiger partial charge in [0.2, 0.25) is 0 Å². The SMILES string of the molecule is CCCC(O)c1ncn[nH]1. The van der Waals surface area contributed by atoms with E-state index in [9.17, 15) is 5.11 Å². The van der Waals surface area contributed by atoms with Gasteiger partial charge in [0.15, 0.2) is 5.82 Å². The number of aliphatic hydroxyl groups excluding tert-OH is 1. The number of hydrogen-bond donors (Lipinski definition) is 2. The van der Waals surface area contributed by atoms with Crippen LogP contribution in [0.15, 0.2) is 6.33 Å². The fourth-order valence-electron chi connectivity index (χ4n) is 0.786. The fraction of sp³-hybridized carbons (Fsp3) is 0.667. The number of nitrogens with zero attached hydrogens (tertiary/aromatic N) is 2. The first-order valence-corrected chi connectivity index (χ1v) is 3.38. The summed E-state index contributed by atoms with van der Waals surface area (Å²) in [5.74, 6) is 0.557. The average molecular weight is 141 g/mol. The van der Waals surface area contributed by atoms with Crippen LogP contribution >= 0.6 is 0 Å². The molecule has 1 unspecified atom stereocenters. The van der Waals surface area contributed by atoms with Crippen molar-refractivity contribution >= 4 is 0 Å². The molecule has 0 aliphatic carbocycles.